The smallest absolute Gasteiger partial charge is 0.262 e. The molecule has 1 aromatic carbocycles. The van der Waals surface area contributed by atoms with Crippen LogP contribution in [-0.4, -0.2) is 33.6 Å². The van der Waals surface area contributed by atoms with E-state index in [0.29, 0.717) is 21.4 Å². The Labute approximate surface area is 187 Å². The minimum atomic E-state index is -0.564. The topological polar surface area (TPSA) is 99.1 Å². The van der Waals surface area contributed by atoms with Crippen LogP contribution in [0.3, 0.4) is 0 Å². The molecule has 4 aromatic rings. The number of aliphatic hydroxyl groups excluding tert-OH is 1. The van der Waals surface area contributed by atoms with Crippen molar-refractivity contribution in [1.82, 2.24) is 9.38 Å². The van der Waals surface area contributed by atoms with Gasteiger partial charge in [-0.1, -0.05) is 23.7 Å². The second-order valence-corrected chi connectivity index (χ2v) is 8.22. The molecular formula is C22H20ClN3O4S. The van der Waals surface area contributed by atoms with Crippen molar-refractivity contribution in [3.8, 4) is 22.1 Å². The molecule has 0 saturated heterocycles. The number of pyridine rings is 1. The van der Waals surface area contributed by atoms with Gasteiger partial charge in [-0.25, -0.2) is 4.98 Å². The van der Waals surface area contributed by atoms with E-state index in [-0.39, 0.29) is 13.2 Å². The van der Waals surface area contributed by atoms with Crippen LogP contribution >= 0.6 is 22.9 Å². The lowest BCUT2D eigenvalue weighted by Gasteiger charge is -2.17. The van der Waals surface area contributed by atoms with Crippen molar-refractivity contribution >= 4 is 34.5 Å². The third kappa shape index (κ3) is 4.36. The molecule has 0 radical (unpaired) electrons. The summed E-state index contributed by atoms with van der Waals surface area (Å²) in [5.74, 6) is 0.381. The predicted molar refractivity (Wildman–Crippen MR) is 120 cm³/mol. The number of benzene rings is 1. The van der Waals surface area contributed by atoms with Crippen molar-refractivity contribution < 1.29 is 19.4 Å². The molecule has 9 heteroatoms. The Kier molecular flexibility index (Phi) is 6.13. The third-order valence-electron chi connectivity index (χ3n) is 4.66. The molecule has 0 aliphatic heterocycles. The average Bonchev–Trinajstić information content (AvgIpc) is 3.36. The molecule has 0 unspecified atom stereocenters. The molecule has 0 aliphatic rings. The molecule has 7 nitrogen and oxygen atoms in total. The van der Waals surface area contributed by atoms with E-state index >= 15 is 0 Å². The maximum Gasteiger partial charge on any atom is 0.262 e. The first-order chi connectivity index (χ1) is 15.0. The molecular weight excluding hydrogens is 438 g/mol. The summed E-state index contributed by atoms with van der Waals surface area (Å²) in [7, 11) is 0. The SMILES string of the molecule is C[C@@H](Oc1cc(-c2cnc3ccccn23)sc1C(N)=O)c1ccc(OCCO)cc1Cl. The van der Waals surface area contributed by atoms with Crippen LogP contribution in [-0.2, 0) is 0 Å². The van der Waals surface area contributed by atoms with Crippen LogP contribution in [0.25, 0.3) is 16.2 Å². The second-order valence-electron chi connectivity index (χ2n) is 6.76. The minimum absolute atomic E-state index is 0.0816. The van der Waals surface area contributed by atoms with E-state index in [1.807, 2.05) is 35.7 Å². The van der Waals surface area contributed by atoms with Crippen LogP contribution in [0.1, 0.15) is 28.3 Å². The van der Waals surface area contributed by atoms with E-state index in [0.717, 1.165) is 21.8 Å². The number of ether oxygens (including phenoxy) is 2. The zero-order chi connectivity index (χ0) is 22.0. The van der Waals surface area contributed by atoms with Gasteiger partial charge in [-0.05, 0) is 31.2 Å². The van der Waals surface area contributed by atoms with Gasteiger partial charge in [0.25, 0.3) is 5.91 Å². The lowest BCUT2D eigenvalue weighted by Crippen LogP contribution is -2.12. The lowest BCUT2D eigenvalue weighted by atomic mass is 10.1. The Morgan fingerprint density at radius 1 is 1.32 bits per heavy atom. The summed E-state index contributed by atoms with van der Waals surface area (Å²) in [6, 6.07) is 12.7. The maximum atomic E-state index is 12.1. The number of aliphatic hydroxyl groups is 1. The fraction of sp³-hybridized carbons (Fsp3) is 0.182. The highest BCUT2D eigenvalue weighted by Gasteiger charge is 2.21. The summed E-state index contributed by atoms with van der Waals surface area (Å²) < 4.78 is 13.4. The second kappa shape index (κ2) is 8.97. The molecule has 160 valence electrons. The van der Waals surface area contributed by atoms with Gasteiger partial charge in [0, 0.05) is 17.8 Å². The van der Waals surface area contributed by atoms with Crippen LogP contribution < -0.4 is 15.2 Å². The number of hydrogen-bond donors (Lipinski definition) is 2. The molecule has 3 N–H and O–H groups in total. The number of thiophene rings is 1. The molecule has 3 aromatic heterocycles. The fourth-order valence-electron chi connectivity index (χ4n) is 3.22. The highest BCUT2D eigenvalue weighted by Crippen LogP contribution is 2.39. The molecule has 3 heterocycles. The van der Waals surface area contributed by atoms with Gasteiger partial charge in [-0.3, -0.25) is 9.20 Å². The van der Waals surface area contributed by atoms with E-state index in [4.69, 9.17) is 31.9 Å². The number of nitrogens with two attached hydrogens (primary N) is 1. The van der Waals surface area contributed by atoms with Crippen LogP contribution in [0.4, 0.5) is 0 Å². The summed E-state index contributed by atoms with van der Waals surface area (Å²) in [5.41, 5.74) is 7.99. The van der Waals surface area contributed by atoms with Gasteiger partial charge in [-0.15, -0.1) is 11.3 Å². The Morgan fingerprint density at radius 2 is 2.16 bits per heavy atom. The number of rotatable bonds is 8. The summed E-state index contributed by atoms with van der Waals surface area (Å²) in [6.07, 6.45) is 3.22. The van der Waals surface area contributed by atoms with Gasteiger partial charge in [0.2, 0.25) is 0 Å². The number of primary amides is 1. The van der Waals surface area contributed by atoms with Crippen LogP contribution in [0.15, 0.2) is 54.9 Å². The molecule has 0 spiro atoms. The summed E-state index contributed by atoms with van der Waals surface area (Å²) in [4.78, 5) is 17.6. The Hall–Kier alpha value is -3.07. The van der Waals surface area contributed by atoms with Gasteiger partial charge < -0.3 is 20.3 Å². The largest absolute Gasteiger partial charge is 0.491 e. The molecule has 1 atom stereocenters. The minimum Gasteiger partial charge on any atom is -0.491 e. The third-order valence-corrected chi connectivity index (χ3v) is 6.15. The quantitative estimate of drug-likeness (QED) is 0.410. The van der Waals surface area contributed by atoms with Crippen LogP contribution in [0, 0.1) is 0 Å². The molecule has 0 aliphatic carbocycles. The number of nitrogens with zero attached hydrogens (tertiary/aromatic N) is 2. The fourth-order valence-corrected chi connectivity index (χ4v) is 4.49. The van der Waals surface area contributed by atoms with Gasteiger partial charge in [0.05, 0.1) is 28.4 Å². The molecule has 1 amide bonds. The molecule has 31 heavy (non-hydrogen) atoms. The van der Waals surface area contributed by atoms with Crippen LogP contribution in [0.5, 0.6) is 11.5 Å². The van der Waals surface area contributed by atoms with Crippen LogP contribution in [0.2, 0.25) is 5.02 Å². The van der Waals surface area contributed by atoms with Gasteiger partial charge >= 0.3 is 0 Å². The summed E-state index contributed by atoms with van der Waals surface area (Å²) >= 11 is 7.66. The number of carbonyl (C=O) groups excluding carboxylic acids is 1. The number of fused-ring (bicyclic) bond motifs is 1. The summed E-state index contributed by atoms with van der Waals surface area (Å²) in [6.45, 7) is 1.94. The lowest BCUT2D eigenvalue weighted by molar-refractivity contribution is 0.0998. The number of amides is 1. The molecule has 4 rings (SSSR count). The molecule has 0 fully saturated rings. The molecule has 0 bridgehead atoms. The standard InChI is InChI=1S/C22H20ClN3O4S/c1-13(15-6-5-14(10-16(15)23)29-9-8-27)30-18-11-19(31-21(18)22(24)28)17-12-25-20-4-2-3-7-26(17)20/h2-7,10-13,27H,8-9H2,1H3,(H2,24,28)/t13-/m1/s1. The average molecular weight is 458 g/mol. The van der Waals surface area contributed by atoms with Gasteiger partial charge in [-0.2, -0.15) is 0 Å². The van der Waals surface area contributed by atoms with E-state index in [9.17, 15) is 4.79 Å². The summed E-state index contributed by atoms with van der Waals surface area (Å²) in [5, 5.41) is 9.34. The van der Waals surface area contributed by atoms with Crippen molar-refractivity contribution in [2.45, 2.75) is 13.0 Å². The zero-order valence-corrected chi connectivity index (χ0v) is 18.2. The van der Waals surface area contributed by atoms with Gasteiger partial charge in [0.1, 0.15) is 34.7 Å². The van der Waals surface area contributed by atoms with Crippen molar-refractivity contribution in [3.63, 3.8) is 0 Å². The predicted octanol–water partition coefficient (Wildman–Crippen LogP) is 4.33. The monoisotopic (exact) mass is 457 g/mol. The van der Waals surface area contributed by atoms with Crippen molar-refractivity contribution in [1.29, 1.82) is 0 Å². The maximum absolute atomic E-state index is 12.1. The Balaban J connectivity index is 1.63. The van der Waals surface area contributed by atoms with Gasteiger partial charge in [0.15, 0.2) is 0 Å². The number of halogens is 1. The van der Waals surface area contributed by atoms with E-state index in [2.05, 4.69) is 4.98 Å². The number of hydrogen-bond acceptors (Lipinski definition) is 6. The zero-order valence-electron chi connectivity index (χ0n) is 16.6. The van der Waals surface area contributed by atoms with E-state index in [1.54, 1.807) is 30.5 Å². The first kappa shape index (κ1) is 21.2. The normalized spacial score (nSPS) is 12.1. The first-order valence-electron chi connectivity index (χ1n) is 9.53. The number of aromatic nitrogens is 2. The van der Waals surface area contributed by atoms with Crippen molar-refractivity contribution in [2.75, 3.05) is 13.2 Å². The Bertz CT molecular complexity index is 1240. The van der Waals surface area contributed by atoms with Crippen molar-refractivity contribution in [3.05, 3.63) is 70.3 Å². The number of imidazole rings is 1. The molecule has 0 saturated carbocycles. The van der Waals surface area contributed by atoms with Crippen molar-refractivity contribution in [2.24, 2.45) is 5.73 Å². The Morgan fingerprint density at radius 3 is 2.90 bits per heavy atom. The number of carbonyl (C=O) groups is 1. The first-order valence-corrected chi connectivity index (χ1v) is 10.7. The van der Waals surface area contributed by atoms with E-state index in [1.165, 1.54) is 11.3 Å². The van der Waals surface area contributed by atoms with E-state index < -0.39 is 12.0 Å². The highest BCUT2D eigenvalue weighted by molar-refractivity contribution is 7.17. The highest BCUT2D eigenvalue weighted by atomic mass is 35.5.